The molecule has 0 atom stereocenters. The standard InChI is InChI=1S/C13H9F3N2O3/c1-7(19)11-12(21)10(20)6-18(17-11)9-4-2-3-8(5-9)13(14,15)16/h2-6,20H,1H3. The van der Waals surface area contributed by atoms with Crippen LogP contribution in [0.1, 0.15) is 23.0 Å². The topological polar surface area (TPSA) is 72.2 Å². The van der Waals surface area contributed by atoms with Crippen molar-refractivity contribution >= 4 is 5.78 Å². The Kier molecular flexibility index (Phi) is 3.54. The van der Waals surface area contributed by atoms with E-state index in [0.717, 1.165) is 36.0 Å². The number of aromatic nitrogens is 2. The predicted molar refractivity (Wildman–Crippen MR) is 66.5 cm³/mol. The first-order chi connectivity index (χ1) is 9.70. The average Bonchev–Trinajstić information content (AvgIpc) is 2.40. The van der Waals surface area contributed by atoms with Gasteiger partial charge in [-0.1, -0.05) is 6.07 Å². The fourth-order valence-electron chi connectivity index (χ4n) is 1.67. The number of aromatic hydroxyl groups is 1. The molecule has 0 aliphatic heterocycles. The highest BCUT2D eigenvalue weighted by atomic mass is 19.4. The quantitative estimate of drug-likeness (QED) is 0.862. The molecule has 5 nitrogen and oxygen atoms in total. The largest absolute Gasteiger partial charge is 0.503 e. The predicted octanol–water partition coefficient (Wildman–Crippen LogP) is 2.16. The smallest absolute Gasteiger partial charge is 0.416 e. The van der Waals surface area contributed by atoms with Crippen LogP contribution in [0.5, 0.6) is 5.75 Å². The Hall–Kier alpha value is -2.64. The van der Waals surface area contributed by atoms with Crippen LogP contribution in [0.3, 0.4) is 0 Å². The summed E-state index contributed by atoms with van der Waals surface area (Å²) in [5.41, 5.74) is -2.47. The van der Waals surface area contributed by atoms with Gasteiger partial charge in [0.2, 0.25) is 0 Å². The van der Waals surface area contributed by atoms with Gasteiger partial charge in [-0.3, -0.25) is 9.59 Å². The van der Waals surface area contributed by atoms with Gasteiger partial charge in [0, 0.05) is 6.92 Å². The minimum Gasteiger partial charge on any atom is -0.503 e. The molecule has 0 saturated carbocycles. The second-order valence-electron chi connectivity index (χ2n) is 4.24. The normalized spacial score (nSPS) is 11.4. The lowest BCUT2D eigenvalue weighted by Gasteiger charge is -2.11. The molecule has 1 N–H and O–H groups in total. The van der Waals surface area contributed by atoms with Crippen molar-refractivity contribution in [2.45, 2.75) is 13.1 Å². The second-order valence-corrected chi connectivity index (χ2v) is 4.24. The van der Waals surface area contributed by atoms with Crippen molar-refractivity contribution in [2.75, 3.05) is 0 Å². The Morgan fingerprint density at radius 3 is 2.57 bits per heavy atom. The molecule has 2 rings (SSSR count). The van der Waals surface area contributed by atoms with Gasteiger partial charge in [-0.05, 0) is 18.2 Å². The Morgan fingerprint density at radius 2 is 2.00 bits per heavy atom. The Balaban J connectivity index is 2.63. The molecule has 0 unspecified atom stereocenters. The van der Waals surface area contributed by atoms with Crippen molar-refractivity contribution in [1.29, 1.82) is 0 Å². The zero-order chi connectivity index (χ0) is 15.8. The second kappa shape index (κ2) is 5.04. The van der Waals surface area contributed by atoms with Gasteiger partial charge in [-0.15, -0.1) is 0 Å². The Morgan fingerprint density at radius 1 is 1.33 bits per heavy atom. The van der Waals surface area contributed by atoms with Crippen molar-refractivity contribution in [3.63, 3.8) is 0 Å². The summed E-state index contributed by atoms with van der Waals surface area (Å²) in [6, 6.07) is 4.12. The number of benzene rings is 1. The van der Waals surface area contributed by atoms with Crippen molar-refractivity contribution in [2.24, 2.45) is 0 Å². The maximum atomic E-state index is 12.7. The zero-order valence-corrected chi connectivity index (χ0v) is 10.7. The monoisotopic (exact) mass is 298 g/mol. The van der Waals surface area contributed by atoms with E-state index in [1.165, 1.54) is 6.07 Å². The first-order valence-electron chi connectivity index (χ1n) is 5.71. The summed E-state index contributed by atoms with van der Waals surface area (Å²) in [4.78, 5) is 22.8. The molecule has 1 aromatic heterocycles. The minimum atomic E-state index is -4.54. The number of halogens is 3. The first-order valence-corrected chi connectivity index (χ1v) is 5.71. The number of carbonyl (C=O) groups is 1. The summed E-state index contributed by atoms with van der Waals surface area (Å²) in [5, 5.41) is 13.1. The minimum absolute atomic E-state index is 0.0392. The maximum absolute atomic E-state index is 12.7. The van der Waals surface area contributed by atoms with Gasteiger partial charge in [0.1, 0.15) is 0 Å². The third-order valence-electron chi connectivity index (χ3n) is 2.67. The summed E-state index contributed by atoms with van der Waals surface area (Å²) < 4.78 is 38.8. The van der Waals surface area contributed by atoms with Crippen LogP contribution in [-0.2, 0) is 6.18 Å². The molecule has 21 heavy (non-hydrogen) atoms. The number of carbonyl (C=O) groups excluding carboxylic acids is 1. The van der Waals surface area contributed by atoms with E-state index in [1.807, 2.05) is 0 Å². The van der Waals surface area contributed by atoms with E-state index in [1.54, 1.807) is 0 Å². The number of rotatable bonds is 2. The molecular weight excluding hydrogens is 289 g/mol. The van der Waals surface area contributed by atoms with Crippen LogP contribution < -0.4 is 5.43 Å². The van der Waals surface area contributed by atoms with Crippen LogP contribution in [0.2, 0.25) is 0 Å². The molecule has 1 aromatic carbocycles. The lowest BCUT2D eigenvalue weighted by molar-refractivity contribution is -0.137. The van der Waals surface area contributed by atoms with E-state index < -0.39 is 34.4 Å². The third kappa shape index (κ3) is 2.93. The molecule has 0 amide bonds. The highest BCUT2D eigenvalue weighted by molar-refractivity contribution is 5.92. The summed E-state index contributed by atoms with van der Waals surface area (Å²) in [5.74, 6) is -1.47. The van der Waals surface area contributed by atoms with Gasteiger partial charge in [0.25, 0.3) is 5.43 Å². The van der Waals surface area contributed by atoms with E-state index in [9.17, 15) is 27.9 Å². The van der Waals surface area contributed by atoms with Crippen LogP contribution >= 0.6 is 0 Å². The number of hydrogen-bond acceptors (Lipinski definition) is 4. The number of ketones is 1. The summed E-state index contributed by atoms with van der Waals surface area (Å²) in [6.07, 6.45) is -3.69. The number of hydrogen-bond donors (Lipinski definition) is 1. The fraction of sp³-hybridized carbons (Fsp3) is 0.154. The maximum Gasteiger partial charge on any atom is 0.416 e. The summed E-state index contributed by atoms with van der Waals surface area (Å²) in [6.45, 7) is 1.07. The van der Waals surface area contributed by atoms with E-state index in [2.05, 4.69) is 5.10 Å². The first kappa shape index (κ1) is 14.8. The Bertz CT molecular complexity index is 766. The average molecular weight is 298 g/mol. The van der Waals surface area contributed by atoms with Crippen LogP contribution in [-0.4, -0.2) is 20.7 Å². The highest BCUT2D eigenvalue weighted by Crippen LogP contribution is 2.30. The van der Waals surface area contributed by atoms with Gasteiger partial charge in [-0.2, -0.15) is 18.3 Å². The molecule has 110 valence electrons. The lowest BCUT2D eigenvalue weighted by atomic mass is 10.2. The molecular formula is C13H9F3N2O3. The number of Topliss-reactive ketones (excluding diaryl/α,β-unsaturated/α-hetero) is 1. The molecule has 0 spiro atoms. The highest BCUT2D eigenvalue weighted by Gasteiger charge is 2.30. The van der Waals surface area contributed by atoms with Gasteiger partial charge in [-0.25, -0.2) is 4.68 Å². The molecule has 0 aliphatic carbocycles. The van der Waals surface area contributed by atoms with Crippen LogP contribution in [0.4, 0.5) is 13.2 Å². The molecule has 8 heteroatoms. The molecule has 0 aliphatic rings. The molecule has 2 aromatic rings. The van der Waals surface area contributed by atoms with Crippen molar-refractivity contribution in [1.82, 2.24) is 9.78 Å². The van der Waals surface area contributed by atoms with Gasteiger partial charge >= 0.3 is 6.18 Å². The summed E-state index contributed by atoms with van der Waals surface area (Å²) in [7, 11) is 0. The van der Waals surface area contributed by atoms with Crippen LogP contribution in [0, 0.1) is 0 Å². The molecule has 0 saturated heterocycles. The van der Waals surface area contributed by atoms with Crippen molar-refractivity contribution < 1.29 is 23.1 Å². The fourth-order valence-corrected chi connectivity index (χ4v) is 1.67. The molecule has 0 bridgehead atoms. The van der Waals surface area contributed by atoms with E-state index in [-0.39, 0.29) is 5.69 Å². The van der Waals surface area contributed by atoms with E-state index in [0.29, 0.717) is 0 Å². The van der Waals surface area contributed by atoms with Crippen LogP contribution in [0.15, 0.2) is 35.3 Å². The van der Waals surface area contributed by atoms with Crippen LogP contribution in [0.25, 0.3) is 5.69 Å². The Labute approximate surface area is 116 Å². The van der Waals surface area contributed by atoms with Gasteiger partial charge in [0.15, 0.2) is 17.2 Å². The number of nitrogens with zero attached hydrogens (tertiary/aromatic N) is 2. The SMILES string of the molecule is CC(=O)c1nn(-c2cccc(C(F)(F)F)c2)cc(O)c1=O. The zero-order valence-electron chi connectivity index (χ0n) is 10.7. The van der Waals surface area contributed by atoms with E-state index in [4.69, 9.17) is 0 Å². The van der Waals surface area contributed by atoms with Crippen molar-refractivity contribution in [3.05, 3.63) is 51.9 Å². The van der Waals surface area contributed by atoms with Gasteiger partial charge < -0.3 is 5.11 Å². The molecule has 0 fully saturated rings. The van der Waals surface area contributed by atoms with Gasteiger partial charge in [0.05, 0.1) is 17.4 Å². The number of alkyl halides is 3. The summed E-state index contributed by atoms with van der Waals surface area (Å²) >= 11 is 0. The van der Waals surface area contributed by atoms with Crippen molar-refractivity contribution in [3.8, 4) is 11.4 Å². The lowest BCUT2D eigenvalue weighted by Crippen LogP contribution is -2.20. The molecule has 0 radical (unpaired) electrons. The molecule has 1 heterocycles. The third-order valence-corrected chi connectivity index (χ3v) is 2.67. The van der Waals surface area contributed by atoms with E-state index >= 15 is 0 Å².